The molecular formula is C18H13FN4O2. The quantitative estimate of drug-likeness (QED) is 0.619. The van der Waals surface area contributed by atoms with E-state index in [1.807, 2.05) is 24.3 Å². The summed E-state index contributed by atoms with van der Waals surface area (Å²) in [6, 6.07) is 15.3. The Balaban J connectivity index is 1.68. The van der Waals surface area contributed by atoms with Crippen LogP contribution in [-0.4, -0.2) is 20.8 Å². The molecule has 0 aliphatic rings. The fourth-order valence-corrected chi connectivity index (χ4v) is 2.61. The Morgan fingerprint density at radius 1 is 1.12 bits per heavy atom. The maximum atomic E-state index is 13.1. The predicted octanol–water partition coefficient (Wildman–Crippen LogP) is 3.46. The van der Waals surface area contributed by atoms with Crippen LogP contribution in [0.4, 0.5) is 10.2 Å². The summed E-state index contributed by atoms with van der Waals surface area (Å²) in [6.07, 6.45) is 1.40. The van der Waals surface area contributed by atoms with Crippen LogP contribution in [0.25, 0.3) is 10.9 Å². The van der Waals surface area contributed by atoms with Crippen molar-refractivity contribution in [2.24, 2.45) is 0 Å². The van der Waals surface area contributed by atoms with Crippen molar-refractivity contribution < 1.29 is 13.7 Å². The number of anilines is 1. The van der Waals surface area contributed by atoms with E-state index in [9.17, 15) is 9.18 Å². The van der Waals surface area contributed by atoms with Crippen molar-refractivity contribution in [3.63, 3.8) is 0 Å². The van der Waals surface area contributed by atoms with Gasteiger partial charge in [-0.3, -0.25) is 9.48 Å². The van der Waals surface area contributed by atoms with Gasteiger partial charge in [0.15, 0.2) is 5.82 Å². The first kappa shape index (κ1) is 15.1. The molecule has 124 valence electrons. The molecule has 0 aliphatic carbocycles. The maximum absolute atomic E-state index is 13.1. The molecule has 1 N–H and O–H groups in total. The van der Waals surface area contributed by atoms with E-state index < -0.39 is 5.91 Å². The number of amides is 1. The molecule has 0 atom stereocenters. The Labute approximate surface area is 141 Å². The van der Waals surface area contributed by atoms with E-state index >= 15 is 0 Å². The van der Waals surface area contributed by atoms with Crippen molar-refractivity contribution in [2.45, 2.75) is 6.54 Å². The van der Waals surface area contributed by atoms with Crippen LogP contribution < -0.4 is 5.32 Å². The highest BCUT2D eigenvalue weighted by molar-refractivity contribution is 6.06. The smallest absolute Gasteiger partial charge is 0.295 e. The normalized spacial score (nSPS) is 10.9. The molecule has 0 spiro atoms. The predicted molar refractivity (Wildman–Crippen MR) is 89.7 cm³/mol. The van der Waals surface area contributed by atoms with Gasteiger partial charge in [-0.2, -0.15) is 5.10 Å². The Bertz CT molecular complexity index is 1020. The minimum absolute atomic E-state index is 0.108. The fourth-order valence-electron chi connectivity index (χ4n) is 2.61. The Morgan fingerprint density at radius 2 is 1.92 bits per heavy atom. The van der Waals surface area contributed by atoms with Gasteiger partial charge < -0.3 is 9.84 Å². The largest absolute Gasteiger partial charge is 0.351 e. The number of para-hydroxylation sites is 1. The Hall–Kier alpha value is -3.48. The number of halogens is 1. The summed E-state index contributed by atoms with van der Waals surface area (Å²) in [4.78, 5) is 12.2. The highest BCUT2D eigenvalue weighted by Gasteiger charge is 2.16. The average Bonchev–Trinajstić information content (AvgIpc) is 3.27. The van der Waals surface area contributed by atoms with Gasteiger partial charge in [-0.25, -0.2) is 4.39 Å². The van der Waals surface area contributed by atoms with Gasteiger partial charge in [0.1, 0.15) is 5.82 Å². The van der Waals surface area contributed by atoms with Gasteiger partial charge in [0, 0.05) is 11.5 Å². The third-order valence-corrected chi connectivity index (χ3v) is 3.80. The van der Waals surface area contributed by atoms with Crippen LogP contribution in [0.1, 0.15) is 16.1 Å². The van der Waals surface area contributed by atoms with Crippen molar-refractivity contribution in [3.8, 4) is 0 Å². The highest BCUT2D eigenvalue weighted by atomic mass is 19.1. The molecule has 4 aromatic rings. The number of benzene rings is 2. The van der Waals surface area contributed by atoms with Crippen LogP contribution in [0, 0.1) is 5.82 Å². The molecule has 4 rings (SSSR count). The van der Waals surface area contributed by atoms with Gasteiger partial charge in [0.25, 0.3) is 5.91 Å². The maximum Gasteiger partial charge on any atom is 0.295 e. The number of fused-ring (bicyclic) bond motifs is 1. The SMILES string of the molecule is O=C(Nc1nn(Cc2ccc(F)cc2)c2ccccc12)c1ccno1. The van der Waals surface area contributed by atoms with E-state index in [2.05, 4.69) is 15.6 Å². The second-order valence-electron chi connectivity index (χ2n) is 5.48. The van der Waals surface area contributed by atoms with E-state index in [0.29, 0.717) is 12.4 Å². The molecule has 0 saturated carbocycles. The summed E-state index contributed by atoms with van der Waals surface area (Å²) in [5, 5.41) is 11.6. The van der Waals surface area contributed by atoms with E-state index in [1.54, 1.807) is 16.8 Å². The molecule has 25 heavy (non-hydrogen) atoms. The van der Waals surface area contributed by atoms with Crippen LogP contribution in [0.5, 0.6) is 0 Å². The van der Waals surface area contributed by atoms with Crippen LogP contribution in [0.3, 0.4) is 0 Å². The van der Waals surface area contributed by atoms with E-state index in [-0.39, 0.29) is 11.6 Å². The molecule has 0 radical (unpaired) electrons. The molecular weight excluding hydrogens is 323 g/mol. The van der Waals surface area contributed by atoms with E-state index in [0.717, 1.165) is 16.5 Å². The lowest BCUT2D eigenvalue weighted by molar-refractivity contribution is 0.0987. The summed E-state index contributed by atoms with van der Waals surface area (Å²) in [5.41, 5.74) is 1.77. The first-order chi connectivity index (χ1) is 12.2. The fraction of sp³-hybridized carbons (Fsp3) is 0.0556. The molecule has 2 heterocycles. The van der Waals surface area contributed by atoms with Crippen molar-refractivity contribution in [1.29, 1.82) is 0 Å². The van der Waals surface area contributed by atoms with Crippen LogP contribution in [0.2, 0.25) is 0 Å². The third-order valence-electron chi connectivity index (χ3n) is 3.80. The summed E-state index contributed by atoms with van der Waals surface area (Å²) >= 11 is 0. The minimum atomic E-state index is -0.422. The lowest BCUT2D eigenvalue weighted by Crippen LogP contribution is -2.12. The number of carbonyl (C=O) groups is 1. The number of aromatic nitrogens is 3. The van der Waals surface area contributed by atoms with E-state index in [1.165, 1.54) is 24.4 Å². The van der Waals surface area contributed by atoms with Gasteiger partial charge in [0.05, 0.1) is 18.3 Å². The van der Waals surface area contributed by atoms with Crippen LogP contribution in [0.15, 0.2) is 65.3 Å². The molecule has 2 aromatic heterocycles. The Kier molecular flexibility index (Phi) is 3.74. The molecule has 7 heteroatoms. The number of carbonyl (C=O) groups excluding carboxylic acids is 1. The average molecular weight is 336 g/mol. The topological polar surface area (TPSA) is 73.0 Å². The molecule has 0 bridgehead atoms. The molecule has 0 fully saturated rings. The zero-order chi connectivity index (χ0) is 17.2. The lowest BCUT2D eigenvalue weighted by Gasteiger charge is -2.03. The minimum Gasteiger partial charge on any atom is -0.351 e. The van der Waals surface area contributed by atoms with Crippen molar-refractivity contribution >= 4 is 22.6 Å². The zero-order valence-electron chi connectivity index (χ0n) is 13.0. The molecule has 0 unspecified atom stereocenters. The summed E-state index contributed by atoms with van der Waals surface area (Å²) < 4.78 is 19.7. The standard InChI is InChI=1S/C18H13FN4O2/c19-13-7-5-12(6-8-13)11-23-15-4-2-1-3-14(15)17(22-23)21-18(24)16-9-10-20-25-16/h1-10H,11H2,(H,21,22,24). The van der Waals surface area contributed by atoms with Crippen molar-refractivity contribution in [2.75, 3.05) is 5.32 Å². The number of hydrogen-bond acceptors (Lipinski definition) is 4. The van der Waals surface area contributed by atoms with Gasteiger partial charge in [-0.05, 0) is 29.8 Å². The van der Waals surface area contributed by atoms with Gasteiger partial charge in [0.2, 0.25) is 5.76 Å². The number of hydrogen-bond donors (Lipinski definition) is 1. The first-order valence-electron chi connectivity index (χ1n) is 7.63. The third kappa shape index (κ3) is 2.99. The highest BCUT2D eigenvalue weighted by Crippen LogP contribution is 2.24. The van der Waals surface area contributed by atoms with Gasteiger partial charge in [-0.15, -0.1) is 0 Å². The summed E-state index contributed by atoms with van der Waals surface area (Å²) in [5.74, 6) is -0.167. The molecule has 0 aliphatic heterocycles. The molecule has 2 aromatic carbocycles. The number of nitrogens with zero attached hydrogens (tertiary/aromatic N) is 3. The van der Waals surface area contributed by atoms with Gasteiger partial charge in [-0.1, -0.05) is 29.4 Å². The van der Waals surface area contributed by atoms with Crippen LogP contribution >= 0.6 is 0 Å². The first-order valence-corrected chi connectivity index (χ1v) is 7.63. The summed E-state index contributed by atoms with van der Waals surface area (Å²) in [7, 11) is 0. The van der Waals surface area contributed by atoms with Crippen LogP contribution in [-0.2, 0) is 6.54 Å². The molecule has 1 amide bonds. The summed E-state index contributed by atoms with van der Waals surface area (Å²) in [6.45, 7) is 0.457. The number of rotatable bonds is 4. The monoisotopic (exact) mass is 336 g/mol. The Morgan fingerprint density at radius 3 is 2.68 bits per heavy atom. The van der Waals surface area contributed by atoms with E-state index in [4.69, 9.17) is 4.52 Å². The lowest BCUT2D eigenvalue weighted by atomic mass is 10.2. The van der Waals surface area contributed by atoms with Gasteiger partial charge >= 0.3 is 0 Å². The molecule has 6 nitrogen and oxygen atoms in total. The number of nitrogens with one attached hydrogen (secondary N) is 1. The zero-order valence-corrected chi connectivity index (χ0v) is 13.0. The molecule has 0 saturated heterocycles. The van der Waals surface area contributed by atoms with Crippen molar-refractivity contribution in [3.05, 3.63) is 77.9 Å². The van der Waals surface area contributed by atoms with Crippen molar-refractivity contribution in [1.82, 2.24) is 14.9 Å². The second kappa shape index (κ2) is 6.20. The second-order valence-corrected chi connectivity index (χ2v) is 5.48.